The Balaban J connectivity index is 4.63. The third kappa shape index (κ3) is 6.09. The standard InChI is InChI=1S/C10H19IN2O2/c1-7(2)13-8(6-12-15-11)9(14)10(3,4)5/h6-8,13H,1-5H3. The number of rotatable bonds is 5. The summed E-state index contributed by atoms with van der Waals surface area (Å²) < 4.78 is 4.56. The second-order valence-electron chi connectivity index (χ2n) is 4.74. The third-order valence-electron chi connectivity index (χ3n) is 1.78. The van der Waals surface area contributed by atoms with Gasteiger partial charge in [-0.25, -0.2) is 0 Å². The number of oxime groups is 1. The van der Waals surface area contributed by atoms with Gasteiger partial charge in [-0.1, -0.05) is 25.9 Å². The summed E-state index contributed by atoms with van der Waals surface area (Å²) in [5.74, 6) is 0.105. The maximum absolute atomic E-state index is 12.0. The van der Waals surface area contributed by atoms with E-state index in [1.165, 1.54) is 6.21 Å². The Labute approximate surface area is 106 Å². The highest BCUT2D eigenvalue weighted by molar-refractivity contribution is 14.1. The molecule has 0 radical (unpaired) electrons. The Hall–Kier alpha value is -0.170. The molecular formula is C10H19IN2O2. The Morgan fingerprint density at radius 1 is 1.47 bits per heavy atom. The number of ketones is 1. The zero-order valence-electron chi connectivity index (χ0n) is 9.87. The molecule has 0 rings (SSSR count). The van der Waals surface area contributed by atoms with Gasteiger partial charge >= 0.3 is 0 Å². The lowest BCUT2D eigenvalue weighted by molar-refractivity contribution is -0.126. The number of nitrogens with one attached hydrogen (secondary N) is 1. The van der Waals surface area contributed by atoms with Crippen LogP contribution in [0, 0.1) is 5.41 Å². The van der Waals surface area contributed by atoms with E-state index in [0.717, 1.165) is 0 Å². The highest BCUT2D eigenvalue weighted by atomic mass is 127. The number of hydrogen-bond donors (Lipinski definition) is 1. The summed E-state index contributed by atoms with van der Waals surface area (Å²) in [6, 6.07) is -0.165. The first-order valence-corrected chi connectivity index (χ1v) is 5.78. The van der Waals surface area contributed by atoms with Gasteiger partial charge in [-0.3, -0.25) is 4.79 Å². The Morgan fingerprint density at radius 3 is 2.33 bits per heavy atom. The summed E-state index contributed by atoms with van der Waals surface area (Å²) in [6.07, 6.45) is 1.50. The first-order chi connectivity index (χ1) is 6.79. The van der Waals surface area contributed by atoms with Crippen molar-refractivity contribution in [2.24, 2.45) is 10.6 Å². The van der Waals surface area contributed by atoms with Crippen molar-refractivity contribution in [1.29, 1.82) is 0 Å². The molecule has 0 aliphatic carbocycles. The fourth-order valence-corrected chi connectivity index (χ4v) is 1.23. The van der Waals surface area contributed by atoms with Gasteiger partial charge in [-0.15, -0.1) is 0 Å². The lowest BCUT2D eigenvalue weighted by Gasteiger charge is -2.24. The molecule has 0 fully saturated rings. The van der Waals surface area contributed by atoms with E-state index in [9.17, 15) is 4.79 Å². The molecule has 0 saturated carbocycles. The topological polar surface area (TPSA) is 50.7 Å². The average molecular weight is 326 g/mol. The molecule has 0 aromatic carbocycles. The van der Waals surface area contributed by atoms with Crippen molar-refractivity contribution < 1.29 is 7.96 Å². The molecule has 4 nitrogen and oxygen atoms in total. The Bertz CT molecular complexity index is 234. The van der Waals surface area contributed by atoms with Gasteiger partial charge in [0.2, 0.25) is 23.0 Å². The summed E-state index contributed by atoms with van der Waals surface area (Å²) in [6.45, 7) is 9.65. The van der Waals surface area contributed by atoms with Crippen LogP contribution >= 0.6 is 23.0 Å². The number of Topliss-reactive ketones (excluding diaryl/α,β-unsaturated/α-hetero) is 1. The first-order valence-electron chi connectivity index (χ1n) is 4.90. The molecule has 5 heteroatoms. The predicted molar refractivity (Wildman–Crippen MR) is 70.1 cm³/mol. The number of nitrogens with zero attached hydrogens (tertiary/aromatic N) is 1. The fraction of sp³-hybridized carbons (Fsp3) is 0.800. The molecular weight excluding hydrogens is 307 g/mol. The van der Waals surface area contributed by atoms with Crippen LogP contribution < -0.4 is 5.32 Å². The van der Waals surface area contributed by atoms with E-state index >= 15 is 0 Å². The summed E-state index contributed by atoms with van der Waals surface area (Å²) in [5.41, 5.74) is -0.385. The van der Waals surface area contributed by atoms with Crippen molar-refractivity contribution in [1.82, 2.24) is 5.32 Å². The minimum absolute atomic E-state index is 0.105. The van der Waals surface area contributed by atoms with Crippen molar-refractivity contribution >= 4 is 35.0 Å². The molecule has 1 atom stereocenters. The second-order valence-corrected chi connectivity index (χ2v) is 5.13. The molecule has 0 saturated heterocycles. The van der Waals surface area contributed by atoms with E-state index in [1.54, 1.807) is 23.0 Å². The number of hydrogen-bond acceptors (Lipinski definition) is 4. The van der Waals surface area contributed by atoms with Crippen molar-refractivity contribution in [3.05, 3.63) is 0 Å². The molecule has 0 spiro atoms. The zero-order valence-corrected chi connectivity index (χ0v) is 12.0. The predicted octanol–water partition coefficient (Wildman–Crippen LogP) is 2.32. The van der Waals surface area contributed by atoms with E-state index < -0.39 is 0 Å². The molecule has 0 aromatic rings. The van der Waals surface area contributed by atoms with Crippen molar-refractivity contribution in [3.63, 3.8) is 0 Å². The maximum Gasteiger partial charge on any atom is 0.230 e. The molecule has 0 aliphatic heterocycles. The Morgan fingerprint density at radius 2 is 2.00 bits per heavy atom. The van der Waals surface area contributed by atoms with E-state index in [2.05, 4.69) is 13.6 Å². The van der Waals surface area contributed by atoms with Crippen LogP contribution in [-0.2, 0) is 7.96 Å². The van der Waals surface area contributed by atoms with Crippen LogP contribution in [0.15, 0.2) is 5.16 Å². The summed E-state index contributed by atoms with van der Waals surface area (Å²) in [5, 5.41) is 6.78. The summed E-state index contributed by atoms with van der Waals surface area (Å²) in [7, 11) is 0. The van der Waals surface area contributed by atoms with Gasteiger partial charge in [0.25, 0.3) is 0 Å². The van der Waals surface area contributed by atoms with Crippen LogP contribution in [-0.4, -0.2) is 24.1 Å². The van der Waals surface area contributed by atoms with Crippen LogP contribution in [0.25, 0.3) is 0 Å². The van der Waals surface area contributed by atoms with Gasteiger partial charge in [0.1, 0.15) is 6.04 Å². The van der Waals surface area contributed by atoms with E-state index in [0.29, 0.717) is 0 Å². The van der Waals surface area contributed by atoms with Gasteiger partial charge in [0, 0.05) is 11.5 Å². The lowest BCUT2D eigenvalue weighted by Crippen LogP contribution is -2.46. The molecule has 88 valence electrons. The normalized spacial score (nSPS) is 14.6. The van der Waals surface area contributed by atoms with Crippen LogP contribution in [0.5, 0.6) is 0 Å². The monoisotopic (exact) mass is 326 g/mol. The Kier molecular flexibility index (Phi) is 6.35. The van der Waals surface area contributed by atoms with Crippen molar-refractivity contribution in [3.8, 4) is 0 Å². The van der Waals surface area contributed by atoms with E-state index in [-0.39, 0.29) is 23.3 Å². The largest absolute Gasteiger partial charge is 0.327 e. The second kappa shape index (κ2) is 6.42. The van der Waals surface area contributed by atoms with Gasteiger partial charge in [0.05, 0.1) is 6.21 Å². The summed E-state index contributed by atoms with van der Waals surface area (Å²) in [4.78, 5) is 12.0. The van der Waals surface area contributed by atoms with E-state index in [1.807, 2.05) is 34.6 Å². The number of carbonyl (C=O) groups excluding carboxylic acids is 1. The molecule has 0 aliphatic rings. The highest BCUT2D eigenvalue weighted by Crippen LogP contribution is 2.16. The van der Waals surface area contributed by atoms with Gasteiger partial charge < -0.3 is 8.48 Å². The molecule has 0 amide bonds. The van der Waals surface area contributed by atoms with Gasteiger partial charge in [-0.05, 0) is 13.8 Å². The summed E-state index contributed by atoms with van der Waals surface area (Å²) >= 11 is 1.66. The van der Waals surface area contributed by atoms with Crippen molar-refractivity contribution in [2.75, 3.05) is 0 Å². The molecule has 15 heavy (non-hydrogen) atoms. The average Bonchev–Trinajstić information content (AvgIpc) is 2.09. The molecule has 1 N–H and O–H groups in total. The zero-order chi connectivity index (χ0) is 12.1. The maximum atomic E-state index is 12.0. The van der Waals surface area contributed by atoms with E-state index in [4.69, 9.17) is 0 Å². The quantitative estimate of drug-likeness (QED) is 0.479. The van der Waals surface area contributed by atoms with Crippen LogP contribution in [0.3, 0.4) is 0 Å². The van der Waals surface area contributed by atoms with Gasteiger partial charge in [0.15, 0.2) is 5.78 Å². The number of halogens is 1. The number of carbonyl (C=O) groups is 1. The highest BCUT2D eigenvalue weighted by Gasteiger charge is 2.28. The minimum atomic E-state index is -0.389. The smallest absolute Gasteiger partial charge is 0.230 e. The molecule has 0 aromatic heterocycles. The SMILES string of the molecule is CC(C)NC(C=NOI)C(=O)C(C)(C)C. The van der Waals surface area contributed by atoms with Gasteiger partial charge in [-0.2, -0.15) is 0 Å². The first kappa shape index (κ1) is 14.8. The van der Waals surface area contributed by atoms with Crippen molar-refractivity contribution in [2.45, 2.75) is 46.7 Å². The molecule has 0 bridgehead atoms. The third-order valence-corrected chi connectivity index (χ3v) is 2.01. The molecule has 1 unspecified atom stereocenters. The van der Waals surface area contributed by atoms with Crippen LogP contribution in [0.1, 0.15) is 34.6 Å². The lowest BCUT2D eigenvalue weighted by atomic mass is 9.86. The molecule has 0 heterocycles. The van der Waals surface area contributed by atoms with Crippen LogP contribution in [0.2, 0.25) is 0 Å². The minimum Gasteiger partial charge on any atom is -0.327 e. The van der Waals surface area contributed by atoms with Crippen LogP contribution in [0.4, 0.5) is 0 Å². The fourth-order valence-electron chi connectivity index (χ4n) is 1.10.